The molecule has 1 fully saturated rings. The smallest absolute Gasteiger partial charge is 0.325 e. The number of aryl methyl sites for hydroxylation is 1. The lowest BCUT2D eigenvalue weighted by Crippen LogP contribution is -2.50. The minimum Gasteiger partial charge on any atom is -0.494 e. The SMILES string of the molecule is [B]C([B])([B])NC(=O)c1nnc(N2CCN(CCC=C)C2=O)cc1Nc1cccc(-c2ncn(C)n2)c1OC. The van der Waals surface area contributed by atoms with Crippen molar-refractivity contribution < 1.29 is 14.3 Å². The molecular formula is C23H24B3N9O3. The summed E-state index contributed by atoms with van der Waals surface area (Å²) in [6, 6.07) is 6.63. The van der Waals surface area contributed by atoms with Gasteiger partial charge >= 0.3 is 6.03 Å². The van der Waals surface area contributed by atoms with Gasteiger partial charge in [0.2, 0.25) is 0 Å². The highest BCUT2D eigenvalue weighted by Gasteiger charge is 2.31. The third kappa shape index (κ3) is 5.82. The summed E-state index contributed by atoms with van der Waals surface area (Å²) >= 11 is 0. The Balaban J connectivity index is 1.74. The minimum atomic E-state index is -1.99. The van der Waals surface area contributed by atoms with Gasteiger partial charge in [-0.1, -0.05) is 17.4 Å². The first-order valence-electron chi connectivity index (χ1n) is 11.7. The highest BCUT2D eigenvalue weighted by atomic mass is 16.5. The maximum atomic E-state index is 13.0. The van der Waals surface area contributed by atoms with E-state index in [2.05, 4.69) is 37.5 Å². The van der Waals surface area contributed by atoms with Crippen LogP contribution < -0.4 is 20.3 Å². The summed E-state index contributed by atoms with van der Waals surface area (Å²) in [5, 5.41) is 16.0. The number of nitrogens with zero attached hydrogens (tertiary/aromatic N) is 7. The molecule has 3 amide bonds. The van der Waals surface area contributed by atoms with Crippen molar-refractivity contribution in [2.75, 3.05) is 37.0 Å². The third-order valence-corrected chi connectivity index (χ3v) is 5.63. The Morgan fingerprint density at radius 2 is 2.03 bits per heavy atom. The number of urea groups is 1. The average Bonchev–Trinajstić information content (AvgIpc) is 3.46. The van der Waals surface area contributed by atoms with E-state index in [0.29, 0.717) is 48.9 Å². The Hall–Kier alpha value is -4.29. The normalized spacial score (nSPS) is 13.5. The van der Waals surface area contributed by atoms with Gasteiger partial charge in [-0.2, -0.15) is 5.10 Å². The van der Waals surface area contributed by atoms with Crippen LogP contribution in [-0.4, -0.2) is 97.3 Å². The average molecular weight is 507 g/mol. The molecule has 0 saturated carbocycles. The maximum Gasteiger partial charge on any atom is 0.325 e. The summed E-state index contributed by atoms with van der Waals surface area (Å²) in [6.45, 7) is 5.15. The fourth-order valence-electron chi connectivity index (χ4n) is 3.92. The number of hydrogen-bond donors (Lipinski definition) is 2. The number of anilines is 3. The predicted molar refractivity (Wildman–Crippen MR) is 145 cm³/mol. The van der Waals surface area contributed by atoms with E-state index >= 15 is 0 Å². The van der Waals surface area contributed by atoms with Crippen LogP contribution in [0, 0.1) is 0 Å². The zero-order chi connectivity index (χ0) is 27.4. The van der Waals surface area contributed by atoms with E-state index in [-0.39, 0.29) is 23.2 Å². The van der Waals surface area contributed by atoms with Gasteiger partial charge < -0.3 is 20.3 Å². The van der Waals surface area contributed by atoms with Crippen molar-refractivity contribution in [3.8, 4) is 17.1 Å². The second-order valence-electron chi connectivity index (χ2n) is 8.60. The second-order valence-corrected chi connectivity index (χ2v) is 8.60. The molecule has 4 rings (SSSR count). The Morgan fingerprint density at radius 3 is 2.68 bits per heavy atom. The molecule has 0 unspecified atom stereocenters. The summed E-state index contributed by atoms with van der Waals surface area (Å²) in [7, 11) is 20.0. The molecule has 6 radical (unpaired) electrons. The van der Waals surface area contributed by atoms with Gasteiger partial charge in [0.15, 0.2) is 23.1 Å². The van der Waals surface area contributed by atoms with Crippen molar-refractivity contribution in [1.82, 2.24) is 35.2 Å². The first kappa shape index (κ1) is 26.8. The molecule has 1 aliphatic heterocycles. The molecule has 15 heteroatoms. The molecule has 2 N–H and O–H groups in total. The molecule has 0 aliphatic carbocycles. The molecule has 3 aromatic rings. The molecule has 1 aromatic carbocycles. The second kappa shape index (κ2) is 11.0. The van der Waals surface area contributed by atoms with Crippen LogP contribution in [0.25, 0.3) is 11.4 Å². The van der Waals surface area contributed by atoms with Crippen LogP contribution in [0.1, 0.15) is 16.9 Å². The summed E-state index contributed by atoms with van der Waals surface area (Å²) in [6.07, 6.45) is 3.98. The van der Waals surface area contributed by atoms with Crippen LogP contribution in [0.3, 0.4) is 0 Å². The van der Waals surface area contributed by atoms with Crippen LogP contribution in [0.2, 0.25) is 0 Å². The zero-order valence-electron chi connectivity index (χ0n) is 21.1. The molecule has 1 aliphatic rings. The molecule has 0 bridgehead atoms. The van der Waals surface area contributed by atoms with Crippen molar-refractivity contribution in [3.63, 3.8) is 0 Å². The van der Waals surface area contributed by atoms with Crippen LogP contribution in [-0.2, 0) is 7.05 Å². The van der Waals surface area contributed by atoms with Gasteiger partial charge in [0.05, 0.1) is 47.6 Å². The van der Waals surface area contributed by atoms with Crippen molar-refractivity contribution in [2.45, 2.75) is 11.7 Å². The van der Waals surface area contributed by atoms with E-state index in [1.54, 1.807) is 47.2 Å². The number of carbonyl (C=O) groups is 2. The fourth-order valence-corrected chi connectivity index (χ4v) is 3.92. The van der Waals surface area contributed by atoms with Gasteiger partial charge in [-0.3, -0.25) is 14.4 Å². The number of rotatable bonds is 10. The van der Waals surface area contributed by atoms with E-state index < -0.39 is 11.1 Å². The largest absolute Gasteiger partial charge is 0.494 e. The van der Waals surface area contributed by atoms with Crippen LogP contribution in [0.5, 0.6) is 5.75 Å². The van der Waals surface area contributed by atoms with E-state index in [9.17, 15) is 9.59 Å². The number of para-hydroxylation sites is 1. The van der Waals surface area contributed by atoms with E-state index in [1.165, 1.54) is 18.1 Å². The van der Waals surface area contributed by atoms with E-state index in [4.69, 9.17) is 28.3 Å². The Bertz CT molecular complexity index is 1360. The molecule has 1 saturated heterocycles. The number of amides is 3. The minimum absolute atomic E-state index is 0.155. The monoisotopic (exact) mass is 507 g/mol. The summed E-state index contributed by atoms with van der Waals surface area (Å²) in [5.41, 5.74) is 1.14. The van der Waals surface area contributed by atoms with Crippen LogP contribution in [0.4, 0.5) is 22.0 Å². The lowest BCUT2D eigenvalue weighted by molar-refractivity contribution is 0.0947. The first-order chi connectivity index (χ1) is 18.1. The molecular weight excluding hydrogens is 483 g/mol. The summed E-state index contributed by atoms with van der Waals surface area (Å²) in [4.78, 5) is 33.4. The van der Waals surface area contributed by atoms with Gasteiger partial charge in [-0.15, -0.1) is 16.8 Å². The van der Waals surface area contributed by atoms with E-state index in [0.717, 1.165) is 0 Å². The molecule has 38 heavy (non-hydrogen) atoms. The van der Waals surface area contributed by atoms with Crippen molar-refractivity contribution in [2.24, 2.45) is 7.05 Å². The first-order valence-corrected chi connectivity index (χ1v) is 11.7. The predicted octanol–water partition coefficient (Wildman–Crippen LogP) is 0.689. The highest BCUT2D eigenvalue weighted by Crippen LogP contribution is 2.37. The Kier molecular flexibility index (Phi) is 7.74. The maximum absolute atomic E-state index is 13.0. The molecule has 3 heterocycles. The lowest BCUT2D eigenvalue weighted by atomic mass is 9.49. The Morgan fingerprint density at radius 1 is 1.24 bits per heavy atom. The van der Waals surface area contributed by atoms with E-state index in [1.807, 2.05) is 0 Å². The molecule has 188 valence electrons. The summed E-state index contributed by atoms with van der Waals surface area (Å²) < 4.78 is 7.23. The topological polar surface area (TPSA) is 130 Å². The number of hydrogen-bond acceptors (Lipinski definition) is 8. The molecule has 0 spiro atoms. The fraction of sp³-hybridized carbons (Fsp3) is 0.304. The Labute approximate surface area is 224 Å². The molecule has 0 atom stereocenters. The van der Waals surface area contributed by atoms with Crippen molar-refractivity contribution >= 4 is 52.7 Å². The van der Waals surface area contributed by atoms with Gasteiger partial charge in [0.1, 0.15) is 6.33 Å². The van der Waals surface area contributed by atoms with Crippen molar-refractivity contribution in [3.05, 3.63) is 48.9 Å². The van der Waals surface area contributed by atoms with Crippen LogP contribution >= 0.6 is 0 Å². The number of ether oxygens (including phenoxy) is 1. The quantitative estimate of drug-likeness (QED) is 0.303. The zero-order valence-corrected chi connectivity index (χ0v) is 21.1. The lowest BCUT2D eigenvalue weighted by Gasteiger charge is -2.23. The van der Waals surface area contributed by atoms with Crippen molar-refractivity contribution in [1.29, 1.82) is 0 Å². The third-order valence-electron chi connectivity index (χ3n) is 5.63. The molecule has 12 nitrogen and oxygen atoms in total. The van der Waals surface area contributed by atoms with Gasteiger partial charge in [0.25, 0.3) is 5.91 Å². The number of aromatic nitrogens is 5. The number of carbonyl (C=O) groups excluding carboxylic acids is 2. The number of benzene rings is 1. The van der Waals surface area contributed by atoms with Gasteiger partial charge in [0, 0.05) is 32.7 Å². The number of methoxy groups -OCH3 is 1. The molecule has 2 aromatic heterocycles. The van der Waals surface area contributed by atoms with Gasteiger partial charge in [-0.05, 0) is 18.6 Å². The standard InChI is InChI=1S/C23H24B3N9O3/c1-4-5-9-34-10-11-35(22(34)37)17-12-16(18(31-30-17)21(36)29-23(24,25)26)28-15-8-6-7-14(19(15)38-3)20-27-13-33(2)32-20/h4,6-8,12-13H,1,5,9-11H2,2-3H3,(H,28,30)(H,29,36). The summed E-state index contributed by atoms with van der Waals surface area (Å²) in [5.74, 6) is 0.333. The highest BCUT2D eigenvalue weighted by molar-refractivity contribution is 6.60. The van der Waals surface area contributed by atoms with Gasteiger partial charge in [-0.25, -0.2) is 9.78 Å². The number of nitrogens with one attached hydrogen (secondary N) is 2. The van der Waals surface area contributed by atoms with Crippen LogP contribution in [0.15, 0.2) is 43.2 Å².